The molecule has 0 unspecified atom stereocenters. The fourth-order valence-corrected chi connectivity index (χ4v) is 2.20. The monoisotopic (exact) mass is 299 g/mol. The van der Waals surface area contributed by atoms with Crippen molar-refractivity contribution in [2.24, 2.45) is 0 Å². The minimum Gasteiger partial charge on any atom is -0.481 e. The highest BCUT2D eigenvalue weighted by Gasteiger charge is 2.22. The molecule has 120 valence electrons. The number of rotatable bonds is 7. The molecule has 1 heterocycles. The molecule has 1 aliphatic rings. The summed E-state index contributed by atoms with van der Waals surface area (Å²) in [7, 11) is 3.47. The van der Waals surface area contributed by atoms with Gasteiger partial charge in [-0.15, -0.1) is 0 Å². The largest absolute Gasteiger partial charge is 0.481 e. The standard InChI is InChI=1S/C14H25N3O4/c1-15(2)13(19)11-16-7-9-17(10-8-16)12(18)5-3-4-6-14(20)21/h3-11H2,1-2H3,(H,20,21). The van der Waals surface area contributed by atoms with Crippen LogP contribution >= 0.6 is 0 Å². The number of carboxylic acid groups (broad SMARTS) is 1. The first-order valence-electron chi connectivity index (χ1n) is 7.32. The summed E-state index contributed by atoms with van der Waals surface area (Å²) in [6, 6.07) is 0. The van der Waals surface area contributed by atoms with Crippen LogP contribution in [0.2, 0.25) is 0 Å². The van der Waals surface area contributed by atoms with E-state index in [9.17, 15) is 14.4 Å². The first-order chi connectivity index (χ1) is 9.90. The average Bonchev–Trinajstić information content (AvgIpc) is 2.43. The van der Waals surface area contributed by atoms with Crippen LogP contribution in [-0.4, -0.2) is 84.4 Å². The summed E-state index contributed by atoms with van der Waals surface area (Å²) >= 11 is 0. The minimum absolute atomic E-state index is 0.0726. The molecule has 1 rings (SSSR count). The summed E-state index contributed by atoms with van der Waals surface area (Å²) in [5.41, 5.74) is 0. The Morgan fingerprint density at radius 2 is 1.57 bits per heavy atom. The molecular weight excluding hydrogens is 274 g/mol. The van der Waals surface area contributed by atoms with Gasteiger partial charge in [0.25, 0.3) is 0 Å². The average molecular weight is 299 g/mol. The molecule has 0 aromatic heterocycles. The van der Waals surface area contributed by atoms with Crippen molar-refractivity contribution >= 4 is 17.8 Å². The molecule has 1 fully saturated rings. The zero-order chi connectivity index (χ0) is 15.8. The number of unbranched alkanes of at least 4 members (excludes halogenated alkanes) is 1. The number of hydrogen-bond donors (Lipinski definition) is 1. The molecule has 7 heteroatoms. The van der Waals surface area contributed by atoms with E-state index in [2.05, 4.69) is 4.90 Å². The SMILES string of the molecule is CN(C)C(=O)CN1CCN(C(=O)CCCCC(=O)O)CC1. The van der Waals surface area contributed by atoms with E-state index in [0.29, 0.717) is 52.0 Å². The van der Waals surface area contributed by atoms with Gasteiger partial charge in [-0.25, -0.2) is 0 Å². The van der Waals surface area contributed by atoms with Crippen LogP contribution in [0.15, 0.2) is 0 Å². The topological polar surface area (TPSA) is 81.2 Å². The van der Waals surface area contributed by atoms with Crippen LogP contribution < -0.4 is 0 Å². The first kappa shape index (κ1) is 17.4. The van der Waals surface area contributed by atoms with E-state index in [1.807, 2.05) is 0 Å². The lowest BCUT2D eigenvalue weighted by Crippen LogP contribution is -2.51. The second kappa shape index (κ2) is 8.61. The van der Waals surface area contributed by atoms with Gasteiger partial charge in [0.2, 0.25) is 11.8 Å². The third-order valence-electron chi connectivity index (χ3n) is 3.61. The van der Waals surface area contributed by atoms with Crippen molar-refractivity contribution < 1.29 is 19.5 Å². The minimum atomic E-state index is -0.818. The molecule has 1 saturated heterocycles. The number of nitrogens with zero attached hydrogens (tertiary/aromatic N) is 3. The molecule has 0 aromatic carbocycles. The number of hydrogen-bond acceptors (Lipinski definition) is 4. The predicted molar refractivity (Wildman–Crippen MR) is 77.8 cm³/mol. The number of aliphatic carboxylic acids is 1. The van der Waals surface area contributed by atoms with Crippen LogP contribution in [0.3, 0.4) is 0 Å². The molecule has 1 aliphatic heterocycles. The molecule has 0 bridgehead atoms. The molecular formula is C14H25N3O4. The molecule has 7 nitrogen and oxygen atoms in total. The summed E-state index contributed by atoms with van der Waals surface area (Å²) in [5.74, 6) is -0.663. The number of amides is 2. The second-order valence-electron chi connectivity index (χ2n) is 5.55. The number of carboxylic acids is 1. The molecule has 0 saturated carbocycles. The second-order valence-corrected chi connectivity index (χ2v) is 5.55. The fraction of sp³-hybridized carbons (Fsp3) is 0.786. The number of piperazine rings is 1. The highest BCUT2D eigenvalue weighted by atomic mass is 16.4. The Kier molecular flexibility index (Phi) is 7.14. The van der Waals surface area contributed by atoms with Crippen LogP contribution in [0.1, 0.15) is 25.7 Å². The maximum absolute atomic E-state index is 12.0. The predicted octanol–water partition coefficient (Wildman–Crippen LogP) is -0.136. The van der Waals surface area contributed by atoms with Crippen molar-refractivity contribution in [1.29, 1.82) is 0 Å². The van der Waals surface area contributed by atoms with Crippen LogP contribution in [0.25, 0.3) is 0 Å². The molecule has 0 aliphatic carbocycles. The molecule has 0 aromatic rings. The van der Waals surface area contributed by atoms with Crippen LogP contribution in [-0.2, 0) is 14.4 Å². The summed E-state index contributed by atoms with van der Waals surface area (Å²) in [4.78, 5) is 39.4. The van der Waals surface area contributed by atoms with Crippen molar-refractivity contribution in [3.05, 3.63) is 0 Å². The molecule has 21 heavy (non-hydrogen) atoms. The maximum Gasteiger partial charge on any atom is 0.303 e. The van der Waals surface area contributed by atoms with Crippen molar-refractivity contribution in [3.63, 3.8) is 0 Å². The summed E-state index contributed by atoms with van der Waals surface area (Å²) in [5, 5.41) is 8.54. The number of carbonyl (C=O) groups is 3. The van der Waals surface area contributed by atoms with E-state index in [1.165, 1.54) is 0 Å². The Bertz CT molecular complexity index is 376. The Morgan fingerprint density at radius 3 is 2.10 bits per heavy atom. The van der Waals surface area contributed by atoms with Crippen molar-refractivity contribution in [2.45, 2.75) is 25.7 Å². The maximum atomic E-state index is 12.0. The Hall–Kier alpha value is -1.63. The van der Waals surface area contributed by atoms with Gasteiger partial charge in [-0.1, -0.05) is 0 Å². The van der Waals surface area contributed by atoms with E-state index in [4.69, 9.17) is 5.11 Å². The Balaban J connectivity index is 2.21. The van der Waals surface area contributed by atoms with Crippen molar-refractivity contribution in [2.75, 3.05) is 46.8 Å². The third-order valence-corrected chi connectivity index (χ3v) is 3.61. The Labute approximate surface area is 125 Å². The van der Waals surface area contributed by atoms with Gasteiger partial charge in [-0.2, -0.15) is 0 Å². The van der Waals surface area contributed by atoms with E-state index >= 15 is 0 Å². The summed E-state index contributed by atoms with van der Waals surface area (Å²) in [6.45, 7) is 3.09. The van der Waals surface area contributed by atoms with E-state index < -0.39 is 5.97 Å². The zero-order valence-corrected chi connectivity index (χ0v) is 12.9. The van der Waals surface area contributed by atoms with Crippen LogP contribution in [0, 0.1) is 0 Å². The van der Waals surface area contributed by atoms with Gasteiger partial charge < -0.3 is 14.9 Å². The van der Waals surface area contributed by atoms with Gasteiger partial charge in [-0.3, -0.25) is 19.3 Å². The molecule has 2 amide bonds. The lowest BCUT2D eigenvalue weighted by Gasteiger charge is -2.34. The summed E-state index contributed by atoms with van der Waals surface area (Å²) in [6.07, 6.45) is 1.68. The van der Waals surface area contributed by atoms with Gasteiger partial charge in [0, 0.05) is 53.1 Å². The third kappa shape index (κ3) is 6.57. The van der Waals surface area contributed by atoms with E-state index in [0.717, 1.165) is 0 Å². The molecule has 0 spiro atoms. The van der Waals surface area contributed by atoms with Crippen LogP contribution in [0.4, 0.5) is 0 Å². The van der Waals surface area contributed by atoms with Gasteiger partial charge in [0.1, 0.15) is 0 Å². The Morgan fingerprint density at radius 1 is 1.00 bits per heavy atom. The fourth-order valence-electron chi connectivity index (χ4n) is 2.20. The van der Waals surface area contributed by atoms with E-state index in [1.54, 1.807) is 23.9 Å². The lowest BCUT2D eigenvalue weighted by atomic mass is 10.1. The van der Waals surface area contributed by atoms with Crippen molar-refractivity contribution in [3.8, 4) is 0 Å². The summed E-state index contributed by atoms with van der Waals surface area (Å²) < 4.78 is 0. The smallest absolute Gasteiger partial charge is 0.303 e. The zero-order valence-electron chi connectivity index (χ0n) is 12.9. The van der Waals surface area contributed by atoms with Gasteiger partial charge >= 0.3 is 5.97 Å². The highest BCUT2D eigenvalue weighted by molar-refractivity contribution is 5.78. The van der Waals surface area contributed by atoms with E-state index in [-0.39, 0.29) is 18.2 Å². The van der Waals surface area contributed by atoms with Crippen LogP contribution in [0.5, 0.6) is 0 Å². The first-order valence-corrected chi connectivity index (χ1v) is 7.32. The lowest BCUT2D eigenvalue weighted by molar-refractivity contribution is -0.138. The highest BCUT2D eigenvalue weighted by Crippen LogP contribution is 2.07. The normalized spacial score (nSPS) is 15.8. The number of likely N-dealkylation sites (N-methyl/N-ethyl adjacent to an activating group) is 1. The molecule has 1 N–H and O–H groups in total. The molecule has 0 atom stereocenters. The van der Waals surface area contributed by atoms with Gasteiger partial charge in [0.15, 0.2) is 0 Å². The molecule has 0 radical (unpaired) electrons. The van der Waals surface area contributed by atoms with Gasteiger partial charge in [-0.05, 0) is 12.8 Å². The van der Waals surface area contributed by atoms with Gasteiger partial charge in [0.05, 0.1) is 6.54 Å². The van der Waals surface area contributed by atoms with Crippen molar-refractivity contribution in [1.82, 2.24) is 14.7 Å². The number of carbonyl (C=O) groups excluding carboxylic acids is 2. The quantitative estimate of drug-likeness (QED) is 0.662.